The van der Waals surface area contributed by atoms with Gasteiger partial charge in [0, 0.05) is 24.6 Å². The summed E-state index contributed by atoms with van der Waals surface area (Å²) in [5.74, 6) is 0.704. The second-order valence-corrected chi connectivity index (χ2v) is 5.79. The van der Waals surface area contributed by atoms with Gasteiger partial charge in [-0.1, -0.05) is 48.5 Å². The summed E-state index contributed by atoms with van der Waals surface area (Å²) < 4.78 is 10.7. The minimum atomic E-state index is -0.128. The van der Waals surface area contributed by atoms with Gasteiger partial charge in [0.05, 0.1) is 25.6 Å². The van der Waals surface area contributed by atoms with Gasteiger partial charge in [-0.25, -0.2) is 0 Å². The van der Waals surface area contributed by atoms with Gasteiger partial charge >= 0.3 is 21.1 Å². The third kappa shape index (κ3) is 5.46. The van der Waals surface area contributed by atoms with Crippen molar-refractivity contribution in [3.63, 3.8) is 0 Å². The molecule has 0 aliphatic carbocycles. The van der Waals surface area contributed by atoms with Crippen molar-refractivity contribution in [1.29, 1.82) is 0 Å². The third-order valence-corrected chi connectivity index (χ3v) is 4.00. The van der Waals surface area contributed by atoms with Crippen LogP contribution in [0.5, 0.6) is 23.0 Å². The summed E-state index contributed by atoms with van der Waals surface area (Å²) in [5.41, 5.74) is 1.86. The molecule has 0 heterocycles. The summed E-state index contributed by atoms with van der Waals surface area (Å²) in [6.07, 6.45) is 2.95. The van der Waals surface area contributed by atoms with Crippen LogP contribution in [0.3, 0.4) is 0 Å². The molecule has 0 atom stereocenters. The zero-order chi connectivity index (χ0) is 19.9. The smallest absolute Gasteiger partial charge is 0.872 e. The quantitative estimate of drug-likeness (QED) is 0.426. The first-order valence-electron chi connectivity index (χ1n) is 8.48. The molecule has 0 aromatic heterocycles. The van der Waals surface area contributed by atoms with E-state index in [0.717, 1.165) is 0 Å². The number of hydrogen-bond acceptors (Lipinski definition) is 6. The summed E-state index contributed by atoms with van der Waals surface area (Å²) in [6.45, 7) is 0. The Morgan fingerprint density at radius 2 is 1.07 bits per heavy atom. The normalized spacial score (nSPS) is 10.8. The van der Waals surface area contributed by atoms with Crippen LogP contribution in [0.15, 0.2) is 70.6 Å². The molecule has 7 heteroatoms. The van der Waals surface area contributed by atoms with Gasteiger partial charge in [0.1, 0.15) is 0 Å². The molecule has 0 amide bonds. The number of hydrogen-bond donors (Lipinski definition) is 0. The number of methoxy groups -OCH3 is 2. The van der Waals surface area contributed by atoms with E-state index >= 15 is 0 Å². The predicted octanol–water partition coefficient (Wildman–Crippen LogP) is 3.35. The Morgan fingerprint density at radius 1 is 0.690 bits per heavy atom. The average molecular weight is 569 g/mol. The maximum Gasteiger partial charge on any atom is 2.00 e. The predicted molar refractivity (Wildman–Crippen MR) is 106 cm³/mol. The zero-order valence-electron chi connectivity index (χ0n) is 15.8. The molecule has 0 aliphatic heterocycles. The molecule has 0 bridgehead atoms. The van der Waals surface area contributed by atoms with Crippen molar-refractivity contribution in [2.45, 2.75) is 0 Å². The van der Waals surface area contributed by atoms with E-state index in [9.17, 15) is 10.2 Å². The van der Waals surface area contributed by atoms with Crippen LogP contribution in [-0.4, -0.2) is 26.6 Å². The second-order valence-electron chi connectivity index (χ2n) is 5.79. The Hall–Kier alpha value is -3.11. The van der Waals surface area contributed by atoms with Crippen LogP contribution < -0.4 is 19.7 Å². The van der Waals surface area contributed by atoms with Crippen LogP contribution >= 0.6 is 0 Å². The molecule has 0 fully saturated rings. The monoisotopic (exact) mass is 569 g/mol. The van der Waals surface area contributed by atoms with Crippen LogP contribution in [0.2, 0.25) is 0 Å². The van der Waals surface area contributed by atoms with Gasteiger partial charge in [0.15, 0.2) is 11.5 Å². The van der Waals surface area contributed by atoms with Crippen LogP contribution in [-0.2, 0) is 21.1 Å². The number of nitrogens with zero attached hydrogens (tertiary/aromatic N) is 2. The summed E-state index contributed by atoms with van der Waals surface area (Å²) in [7, 11) is 3.05. The first-order valence-corrected chi connectivity index (χ1v) is 8.48. The Kier molecular flexibility index (Phi) is 7.98. The van der Waals surface area contributed by atoms with Gasteiger partial charge in [0.2, 0.25) is 0 Å². The number of aliphatic imine (C=N–C) groups is 2. The van der Waals surface area contributed by atoms with Gasteiger partial charge in [0.25, 0.3) is 0 Å². The van der Waals surface area contributed by atoms with Crippen molar-refractivity contribution >= 4 is 23.8 Å². The molecular weight excluding hydrogens is 551 g/mol. The van der Waals surface area contributed by atoms with Crippen molar-refractivity contribution in [2.75, 3.05) is 14.2 Å². The van der Waals surface area contributed by atoms with Crippen LogP contribution in [0.4, 0.5) is 11.4 Å². The second kappa shape index (κ2) is 10.4. The van der Waals surface area contributed by atoms with Gasteiger partial charge in [-0.3, -0.25) is 9.98 Å². The fraction of sp³-hybridized carbons (Fsp3) is 0.0909. The van der Waals surface area contributed by atoms with E-state index in [1.165, 1.54) is 38.8 Å². The van der Waals surface area contributed by atoms with Crippen molar-refractivity contribution in [3.05, 3.63) is 71.8 Å². The van der Waals surface area contributed by atoms with E-state index < -0.39 is 0 Å². The molecule has 3 aromatic carbocycles. The fourth-order valence-electron chi connectivity index (χ4n) is 2.52. The van der Waals surface area contributed by atoms with E-state index in [2.05, 4.69) is 9.98 Å². The molecule has 0 aliphatic rings. The van der Waals surface area contributed by atoms with E-state index in [-0.39, 0.29) is 32.6 Å². The van der Waals surface area contributed by atoms with Crippen molar-refractivity contribution in [2.24, 2.45) is 9.98 Å². The van der Waals surface area contributed by atoms with Crippen LogP contribution in [0.1, 0.15) is 11.1 Å². The topological polar surface area (TPSA) is 89.3 Å². The summed E-state index contributed by atoms with van der Waals surface area (Å²) in [4.78, 5) is 8.81. The molecule has 0 radical (unpaired) electrons. The molecule has 0 saturated carbocycles. The van der Waals surface area contributed by atoms with Gasteiger partial charge in [-0.2, -0.15) is 0 Å². The number of para-hydroxylation sites is 2. The van der Waals surface area contributed by atoms with E-state index in [4.69, 9.17) is 9.47 Å². The minimum Gasteiger partial charge on any atom is -0.872 e. The Morgan fingerprint density at radius 3 is 1.41 bits per heavy atom. The standard InChI is InChI=1S/C22H20N2O4.Pt/c1-27-21-11-17(23-13-15-7-3-5-9-19(15)25)18(12-22(21)28-2)24-14-16-8-4-6-10-20(16)26;/h3-14,25-26H,1-2H3;/q;+2/p-2. The molecular formula is C22H18N2O4Pt. The zero-order valence-corrected chi connectivity index (χ0v) is 18.0. The summed E-state index contributed by atoms with van der Waals surface area (Å²) in [6, 6.07) is 16.5. The number of ether oxygens (including phenoxy) is 2. The molecule has 0 saturated heterocycles. The summed E-state index contributed by atoms with van der Waals surface area (Å²) >= 11 is 0. The van der Waals surface area contributed by atoms with E-state index in [1.54, 1.807) is 48.5 Å². The fourth-order valence-corrected chi connectivity index (χ4v) is 2.52. The van der Waals surface area contributed by atoms with Gasteiger partial charge in [-0.05, 0) is 11.1 Å². The number of rotatable bonds is 6. The minimum absolute atomic E-state index is 0. The van der Waals surface area contributed by atoms with Crippen molar-refractivity contribution in [1.82, 2.24) is 0 Å². The van der Waals surface area contributed by atoms with Crippen molar-refractivity contribution < 1.29 is 40.8 Å². The van der Waals surface area contributed by atoms with E-state index in [0.29, 0.717) is 34.0 Å². The molecule has 3 rings (SSSR count). The average Bonchev–Trinajstić information content (AvgIpc) is 2.72. The maximum atomic E-state index is 11.9. The molecule has 150 valence electrons. The largest absolute Gasteiger partial charge is 2.00 e. The first kappa shape index (κ1) is 22.2. The van der Waals surface area contributed by atoms with Crippen molar-refractivity contribution in [3.8, 4) is 23.0 Å². The molecule has 0 unspecified atom stereocenters. The Bertz CT molecular complexity index is 953. The molecule has 0 spiro atoms. The maximum absolute atomic E-state index is 11.9. The molecule has 6 nitrogen and oxygen atoms in total. The molecule has 0 N–H and O–H groups in total. The third-order valence-electron chi connectivity index (χ3n) is 4.00. The van der Waals surface area contributed by atoms with Gasteiger partial charge in [-0.15, -0.1) is 11.5 Å². The Labute approximate surface area is 183 Å². The van der Waals surface area contributed by atoms with Gasteiger partial charge < -0.3 is 19.7 Å². The molecule has 3 aromatic rings. The summed E-state index contributed by atoms with van der Waals surface area (Å²) in [5, 5.41) is 23.8. The molecule has 29 heavy (non-hydrogen) atoms. The van der Waals surface area contributed by atoms with Crippen LogP contribution in [0.25, 0.3) is 0 Å². The number of benzene rings is 3. The van der Waals surface area contributed by atoms with E-state index in [1.807, 2.05) is 0 Å². The SMILES string of the molecule is COc1cc(N=Cc2ccccc2[O-])c(N=Cc2ccccc2[O-])cc1OC.[Pt+2]. The Balaban J connectivity index is 0.00000300. The first-order chi connectivity index (χ1) is 13.6. The van der Waals surface area contributed by atoms with Crippen LogP contribution in [0, 0.1) is 0 Å².